The number of hydrogen-bond acceptors (Lipinski definition) is 2. The molecule has 0 bridgehead atoms. The molecule has 0 aromatic heterocycles. The molecule has 1 unspecified atom stereocenters. The Bertz CT molecular complexity index is 416. The lowest BCUT2D eigenvalue weighted by molar-refractivity contribution is 0.203. The predicted molar refractivity (Wildman–Crippen MR) is 101 cm³/mol. The van der Waals surface area contributed by atoms with Crippen molar-refractivity contribution in [2.75, 3.05) is 31.5 Å². The molecule has 1 aliphatic heterocycles. The monoisotopic (exact) mass is 402 g/mol. The molecule has 1 saturated heterocycles. The molecule has 1 atom stereocenters. The van der Waals surface area contributed by atoms with E-state index in [2.05, 4.69) is 22.1 Å². The fraction of sp³-hybridized carbons (Fsp3) is 0.562. The normalized spacial score (nSPS) is 17.9. The van der Waals surface area contributed by atoms with E-state index in [0.717, 1.165) is 18.8 Å². The molecule has 1 aromatic rings. The number of hydrogen-bond donors (Lipinski definition) is 2. The second kappa shape index (κ2) is 10.00. The van der Waals surface area contributed by atoms with Crippen molar-refractivity contribution in [3.8, 4) is 0 Å². The zero-order valence-electron chi connectivity index (χ0n) is 12.8. The first kappa shape index (κ1) is 18.2. The summed E-state index contributed by atoms with van der Waals surface area (Å²) < 4.78 is 0. The van der Waals surface area contributed by atoms with Crippen LogP contribution in [0.25, 0.3) is 0 Å². The molecule has 0 spiro atoms. The highest BCUT2D eigenvalue weighted by Crippen LogP contribution is 2.11. The first-order chi connectivity index (χ1) is 9.74. The average molecular weight is 402 g/mol. The number of guanidine groups is 1. The first-order valence-electron chi connectivity index (χ1n) is 7.58. The van der Waals surface area contributed by atoms with Crippen LogP contribution < -0.4 is 11.1 Å². The Morgan fingerprint density at radius 2 is 1.90 bits per heavy atom. The lowest BCUT2D eigenvalue weighted by atomic mass is 10.1. The molecule has 0 aliphatic carbocycles. The van der Waals surface area contributed by atoms with Crippen LogP contribution in [-0.2, 0) is 0 Å². The second-order valence-corrected chi connectivity index (χ2v) is 5.68. The van der Waals surface area contributed by atoms with E-state index in [4.69, 9.17) is 5.73 Å². The SMILES string of the molecule is CC(CN=C(N)Nc1ccccc1)CN1CCCCC1.I. The van der Waals surface area contributed by atoms with E-state index in [-0.39, 0.29) is 24.0 Å². The van der Waals surface area contributed by atoms with E-state index in [1.807, 2.05) is 30.3 Å². The number of anilines is 1. The predicted octanol–water partition coefficient (Wildman–Crippen LogP) is 3.15. The van der Waals surface area contributed by atoms with Crippen molar-refractivity contribution in [1.29, 1.82) is 0 Å². The van der Waals surface area contributed by atoms with Gasteiger partial charge in [-0.05, 0) is 44.0 Å². The highest BCUT2D eigenvalue weighted by atomic mass is 127. The Balaban J connectivity index is 0.00000220. The minimum Gasteiger partial charge on any atom is -0.370 e. The molecule has 0 saturated carbocycles. The summed E-state index contributed by atoms with van der Waals surface area (Å²) in [6.45, 7) is 6.63. The van der Waals surface area contributed by atoms with Gasteiger partial charge >= 0.3 is 0 Å². The molecule has 118 valence electrons. The van der Waals surface area contributed by atoms with E-state index < -0.39 is 0 Å². The van der Waals surface area contributed by atoms with Gasteiger partial charge in [0, 0.05) is 18.8 Å². The van der Waals surface area contributed by atoms with Crippen molar-refractivity contribution >= 4 is 35.6 Å². The summed E-state index contributed by atoms with van der Waals surface area (Å²) in [5, 5.41) is 3.12. The summed E-state index contributed by atoms with van der Waals surface area (Å²) in [5.41, 5.74) is 6.90. The lowest BCUT2D eigenvalue weighted by Crippen LogP contribution is -2.34. The summed E-state index contributed by atoms with van der Waals surface area (Å²) in [6, 6.07) is 9.92. The lowest BCUT2D eigenvalue weighted by Gasteiger charge is -2.28. The van der Waals surface area contributed by atoms with Crippen molar-refractivity contribution < 1.29 is 0 Å². The number of nitrogens with two attached hydrogens (primary N) is 1. The third-order valence-corrected chi connectivity index (χ3v) is 3.64. The van der Waals surface area contributed by atoms with Crippen LogP contribution in [0.15, 0.2) is 35.3 Å². The van der Waals surface area contributed by atoms with Crippen LogP contribution in [0.5, 0.6) is 0 Å². The fourth-order valence-electron chi connectivity index (χ4n) is 2.60. The molecule has 21 heavy (non-hydrogen) atoms. The van der Waals surface area contributed by atoms with Crippen LogP contribution >= 0.6 is 24.0 Å². The fourth-order valence-corrected chi connectivity index (χ4v) is 2.60. The molecule has 1 heterocycles. The van der Waals surface area contributed by atoms with E-state index in [1.54, 1.807) is 0 Å². The van der Waals surface area contributed by atoms with Crippen LogP contribution in [0.4, 0.5) is 5.69 Å². The molecule has 1 fully saturated rings. The number of benzene rings is 1. The minimum absolute atomic E-state index is 0. The summed E-state index contributed by atoms with van der Waals surface area (Å²) >= 11 is 0. The van der Waals surface area contributed by atoms with Gasteiger partial charge in [0.05, 0.1) is 0 Å². The van der Waals surface area contributed by atoms with Crippen molar-refractivity contribution in [3.05, 3.63) is 30.3 Å². The van der Waals surface area contributed by atoms with Crippen LogP contribution in [0.1, 0.15) is 26.2 Å². The van der Waals surface area contributed by atoms with Crippen molar-refractivity contribution in [2.24, 2.45) is 16.6 Å². The number of nitrogens with zero attached hydrogens (tertiary/aromatic N) is 2. The Morgan fingerprint density at radius 3 is 2.57 bits per heavy atom. The smallest absolute Gasteiger partial charge is 0.193 e. The number of nitrogens with one attached hydrogen (secondary N) is 1. The Labute approximate surface area is 145 Å². The Hall–Kier alpha value is -0.820. The van der Waals surface area contributed by atoms with Gasteiger partial charge in [-0.25, -0.2) is 0 Å². The van der Waals surface area contributed by atoms with Gasteiger partial charge in [-0.15, -0.1) is 24.0 Å². The number of halogens is 1. The van der Waals surface area contributed by atoms with Gasteiger partial charge in [0.25, 0.3) is 0 Å². The maximum absolute atomic E-state index is 5.91. The molecule has 2 rings (SSSR count). The van der Waals surface area contributed by atoms with E-state index in [1.165, 1.54) is 32.4 Å². The second-order valence-electron chi connectivity index (χ2n) is 5.68. The summed E-state index contributed by atoms with van der Waals surface area (Å²) in [6.07, 6.45) is 4.07. The van der Waals surface area contributed by atoms with Gasteiger partial charge in [0.15, 0.2) is 5.96 Å². The van der Waals surface area contributed by atoms with Gasteiger partial charge in [-0.3, -0.25) is 4.99 Å². The number of rotatable bonds is 5. The third kappa shape index (κ3) is 7.13. The quantitative estimate of drug-likeness (QED) is 0.452. The zero-order chi connectivity index (χ0) is 14.2. The molecular weight excluding hydrogens is 375 g/mol. The van der Waals surface area contributed by atoms with Crippen molar-refractivity contribution in [1.82, 2.24) is 4.90 Å². The van der Waals surface area contributed by atoms with Crippen LogP contribution in [0, 0.1) is 5.92 Å². The zero-order valence-corrected chi connectivity index (χ0v) is 15.1. The molecule has 3 N–H and O–H groups in total. The highest BCUT2D eigenvalue weighted by molar-refractivity contribution is 14.0. The number of aliphatic imine (C=N–C) groups is 1. The van der Waals surface area contributed by atoms with Gasteiger partial charge in [0.2, 0.25) is 0 Å². The van der Waals surface area contributed by atoms with Gasteiger partial charge in [-0.1, -0.05) is 31.5 Å². The Kier molecular flexibility index (Phi) is 8.68. The maximum Gasteiger partial charge on any atom is 0.193 e. The highest BCUT2D eigenvalue weighted by Gasteiger charge is 2.13. The summed E-state index contributed by atoms with van der Waals surface area (Å²) in [4.78, 5) is 6.99. The van der Waals surface area contributed by atoms with Gasteiger partial charge in [-0.2, -0.15) is 0 Å². The van der Waals surface area contributed by atoms with Crippen LogP contribution in [-0.4, -0.2) is 37.0 Å². The molecule has 1 aromatic carbocycles. The standard InChI is InChI=1S/C16H26N4.HI/c1-14(13-20-10-6-3-7-11-20)12-18-16(17)19-15-8-4-2-5-9-15;/h2,4-5,8-9,14H,3,6-7,10-13H2,1H3,(H3,17,18,19);1H. The van der Waals surface area contributed by atoms with Crippen molar-refractivity contribution in [2.45, 2.75) is 26.2 Å². The largest absolute Gasteiger partial charge is 0.370 e. The third-order valence-electron chi connectivity index (χ3n) is 3.64. The van der Waals surface area contributed by atoms with Crippen molar-refractivity contribution in [3.63, 3.8) is 0 Å². The molecule has 1 aliphatic rings. The first-order valence-corrected chi connectivity index (χ1v) is 7.58. The van der Waals surface area contributed by atoms with Crippen LogP contribution in [0.3, 0.4) is 0 Å². The average Bonchev–Trinajstić information content (AvgIpc) is 2.47. The van der Waals surface area contributed by atoms with Gasteiger partial charge in [0.1, 0.15) is 0 Å². The maximum atomic E-state index is 5.91. The van der Waals surface area contributed by atoms with Gasteiger partial charge < -0.3 is 16.0 Å². The van der Waals surface area contributed by atoms with E-state index >= 15 is 0 Å². The number of para-hydroxylation sites is 1. The minimum atomic E-state index is 0. The van der Waals surface area contributed by atoms with E-state index in [0.29, 0.717) is 11.9 Å². The number of likely N-dealkylation sites (tertiary alicyclic amines) is 1. The molecular formula is C16H27IN4. The molecule has 0 amide bonds. The molecule has 0 radical (unpaired) electrons. The topological polar surface area (TPSA) is 53.6 Å². The Morgan fingerprint density at radius 1 is 1.24 bits per heavy atom. The van der Waals surface area contributed by atoms with Crippen LogP contribution in [0.2, 0.25) is 0 Å². The molecule has 4 nitrogen and oxygen atoms in total. The number of piperidine rings is 1. The van der Waals surface area contributed by atoms with E-state index in [9.17, 15) is 0 Å². The summed E-state index contributed by atoms with van der Waals surface area (Å²) in [7, 11) is 0. The summed E-state index contributed by atoms with van der Waals surface area (Å²) in [5.74, 6) is 1.05. The molecule has 5 heteroatoms.